The van der Waals surface area contributed by atoms with E-state index in [4.69, 9.17) is 4.74 Å². The van der Waals surface area contributed by atoms with Crippen LogP contribution < -0.4 is 0 Å². The van der Waals surface area contributed by atoms with Gasteiger partial charge in [0.15, 0.2) is 0 Å². The molecule has 144 valence electrons. The zero-order chi connectivity index (χ0) is 19.2. The van der Waals surface area contributed by atoms with Gasteiger partial charge in [-0.15, -0.1) is 0 Å². The summed E-state index contributed by atoms with van der Waals surface area (Å²) in [6, 6.07) is 4.07. The van der Waals surface area contributed by atoms with E-state index in [-0.39, 0.29) is 22.8 Å². The van der Waals surface area contributed by atoms with Crippen molar-refractivity contribution in [2.75, 3.05) is 20.2 Å². The highest BCUT2D eigenvalue weighted by Crippen LogP contribution is 2.39. The fourth-order valence-corrected chi connectivity index (χ4v) is 3.74. The second-order valence-electron chi connectivity index (χ2n) is 8.75. The van der Waals surface area contributed by atoms with Crippen LogP contribution in [0.2, 0.25) is 0 Å². The third kappa shape index (κ3) is 6.39. The van der Waals surface area contributed by atoms with Crippen LogP contribution in [0.5, 0.6) is 0 Å². The number of hydrogen-bond acceptors (Lipinski definition) is 6. The topological polar surface area (TPSA) is 67.2 Å². The first-order chi connectivity index (χ1) is 12.2. The molecule has 0 spiro atoms. The smallest absolute Gasteiger partial charge is 0.305 e. The fraction of sp³-hybridized carbons (Fsp3) is 0.700. The average molecular weight is 361 g/mol. The number of aromatic nitrogens is 1. The van der Waals surface area contributed by atoms with E-state index in [0.29, 0.717) is 6.42 Å². The van der Waals surface area contributed by atoms with Gasteiger partial charge >= 0.3 is 5.97 Å². The molecule has 2 rings (SSSR count). The summed E-state index contributed by atoms with van der Waals surface area (Å²) >= 11 is 0. The van der Waals surface area contributed by atoms with Gasteiger partial charge < -0.3 is 4.74 Å². The van der Waals surface area contributed by atoms with Crippen molar-refractivity contribution in [2.24, 2.45) is 21.2 Å². The zero-order valence-electron chi connectivity index (χ0n) is 16.7. The van der Waals surface area contributed by atoms with E-state index in [1.807, 2.05) is 18.3 Å². The van der Waals surface area contributed by atoms with Gasteiger partial charge in [0.25, 0.3) is 0 Å². The summed E-state index contributed by atoms with van der Waals surface area (Å²) in [7, 11) is 1.45. The van der Waals surface area contributed by atoms with Gasteiger partial charge in [0.1, 0.15) is 6.04 Å². The predicted molar refractivity (Wildman–Crippen MR) is 101 cm³/mol. The number of esters is 1. The van der Waals surface area contributed by atoms with Gasteiger partial charge in [-0.25, -0.2) is 0 Å². The first-order valence-electron chi connectivity index (χ1n) is 9.33. The van der Waals surface area contributed by atoms with Crippen molar-refractivity contribution < 1.29 is 9.53 Å². The molecular weight excluding hydrogens is 328 g/mol. The van der Waals surface area contributed by atoms with Crippen molar-refractivity contribution in [1.82, 2.24) is 9.99 Å². The minimum absolute atomic E-state index is 0.0864. The molecule has 1 aliphatic heterocycles. The van der Waals surface area contributed by atoms with Crippen LogP contribution in [-0.2, 0) is 9.53 Å². The van der Waals surface area contributed by atoms with Crippen LogP contribution in [0.4, 0.5) is 0 Å². The van der Waals surface area contributed by atoms with E-state index in [0.717, 1.165) is 37.9 Å². The molecule has 0 bridgehead atoms. The summed E-state index contributed by atoms with van der Waals surface area (Å²) in [4.78, 5) is 15.6. The molecule has 1 aromatic heterocycles. The Morgan fingerprint density at radius 3 is 2.65 bits per heavy atom. The molecule has 1 atom stereocenters. The summed E-state index contributed by atoms with van der Waals surface area (Å²) in [6.45, 7) is 10.7. The van der Waals surface area contributed by atoms with Crippen molar-refractivity contribution in [3.05, 3.63) is 30.1 Å². The van der Waals surface area contributed by atoms with Crippen LogP contribution in [0, 0.1) is 10.8 Å². The maximum Gasteiger partial charge on any atom is 0.305 e. The Balaban J connectivity index is 1.79. The van der Waals surface area contributed by atoms with Crippen molar-refractivity contribution in [3.8, 4) is 0 Å². The van der Waals surface area contributed by atoms with Gasteiger partial charge in [0.2, 0.25) is 0 Å². The Morgan fingerprint density at radius 1 is 1.27 bits per heavy atom. The van der Waals surface area contributed by atoms with Crippen LogP contribution in [0.25, 0.3) is 0 Å². The second kappa shape index (κ2) is 8.60. The molecule has 0 aromatic carbocycles. The highest BCUT2D eigenvalue weighted by atomic mass is 16.5. The molecule has 0 saturated heterocycles. The zero-order valence-corrected chi connectivity index (χ0v) is 16.7. The molecule has 0 fully saturated rings. The normalized spacial score (nSPS) is 17.6. The van der Waals surface area contributed by atoms with Gasteiger partial charge in [0.05, 0.1) is 13.7 Å². The fourth-order valence-electron chi connectivity index (χ4n) is 3.74. The predicted octanol–water partition coefficient (Wildman–Crippen LogP) is 4.59. The molecule has 1 aromatic rings. The molecule has 0 aliphatic carbocycles. The van der Waals surface area contributed by atoms with Gasteiger partial charge in [-0.1, -0.05) is 39.0 Å². The first-order valence-corrected chi connectivity index (χ1v) is 9.33. The van der Waals surface area contributed by atoms with Gasteiger partial charge in [-0.05, 0) is 41.7 Å². The Kier molecular flexibility index (Phi) is 6.73. The lowest BCUT2D eigenvalue weighted by Crippen LogP contribution is -2.28. The first kappa shape index (κ1) is 20.3. The summed E-state index contributed by atoms with van der Waals surface area (Å²) < 4.78 is 4.76. The van der Waals surface area contributed by atoms with Gasteiger partial charge in [-0.2, -0.15) is 5.11 Å². The van der Waals surface area contributed by atoms with Crippen molar-refractivity contribution >= 4 is 5.97 Å². The Bertz CT molecular complexity index is 613. The number of rotatable bonds is 9. The van der Waals surface area contributed by atoms with E-state index >= 15 is 0 Å². The molecule has 1 aliphatic rings. The maximum absolute atomic E-state index is 11.4. The molecule has 2 heterocycles. The van der Waals surface area contributed by atoms with Gasteiger partial charge in [0, 0.05) is 25.4 Å². The van der Waals surface area contributed by atoms with E-state index < -0.39 is 0 Å². The minimum Gasteiger partial charge on any atom is -0.469 e. The Morgan fingerprint density at radius 2 is 2.00 bits per heavy atom. The molecule has 6 nitrogen and oxygen atoms in total. The second-order valence-corrected chi connectivity index (χ2v) is 8.75. The molecule has 0 saturated carbocycles. The molecule has 0 N–H and O–H groups in total. The SMILES string of the molecule is COC(=O)CCC(C)(C)CC(C)(C)CCN1CC(c2cccnc2)N=N1. The average Bonchev–Trinajstić information content (AvgIpc) is 3.07. The van der Waals surface area contributed by atoms with Crippen LogP contribution in [-0.4, -0.2) is 36.2 Å². The van der Waals surface area contributed by atoms with E-state index in [1.165, 1.54) is 7.11 Å². The molecule has 6 heteroatoms. The quantitative estimate of drug-likeness (QED) is 0.604. The van der Waals surface area contributed by atoms with Crippen LogP contribution in [0.3, 0.4) is 0 Å². The van der Waals surface area contributed by atoms with Gasteiger partial charge in [-0.3, -0.25) is 14.8 Å². The van der Waals surface area contributed by atoms with E-state index in [9.17, 15) is 4.79 Å². The summed E-state index contributed by atoms with van der Waals surface area (Å²) in [6.07, 6.45) is 7.04. The van der Waals surface area contributed by atoms with E-state index in [1.54, 1.807) is 6.20 Å². The molecule has 0 amide bonds. The van der Waals surface area contributed by atoms with Crippen molar-refractivity contribution in [1.29, 1.82) is 0 Å². The number of nitrogens with zero attached hydrogens (tertiary/aromatic N) is 4. The third-order valence-electron chi connectivity index (χ3n) is 5.01. The molecular formula is C20H32N4O2. The number of ether oxygens (including phenoxy) is 1. The third-order valence-corrected chi connectivity index (χ3v) is 5.01. The summed E-state index contributed by atoms with van der Waals surface area (Å²) in [5, 5.41) is 10.8. The van der Waals surface area contributed by atoms with Crippen molar-refractivity contribution in [2.45, 2.75) is 59.4 Å². The number of hydrogen-bond donors (Lipinski definition) is 0. The van der Waals surface area contributed by atoms with Crippen LogP contribution in [0.15, 0.2) is 34.9 Å². The molecule has 0 radical (unpaired) electrons. The summed E-state index contributed by atoms with van der Waals surface area (Å²) in [5.74, 6) is -0.130. The number of methoxy groups -OCH3 is 1. The number of pyridine rings is 1. The van der Waals surface area contributed by atoms with Crippen molar-refractivity contribution in [3.63, 3.8) is 0 Å². The Hall–Kier alpha value is -1.98. The lowest BCUT2D eigenvalue weighted by molar-refractivity contribution is -0.141. The highest BCUT2D eigenvalue weighted by molar-refractivity contribution is 5.69. The molecule has 26 heavy (non-hydrogen) atoms. The lowest BCUT2D eigenvalue weighted by Gasteiger charge is -2.35. The maximum atomic E-state index is 11.4. The highest BCUT2D eigenvalue weighted by Gasteiger charge is 2.30. The van der Waals surface area contributed by atoms with Crippen LogP contribution >= 0.6 is 0 Å². The number of carbonyl (C=O) groups excluding carboxylic acids is 1. The number of carbonyl (C=O) groups is 1. The van der Waals surface area contributed by atoms with Crippen LogP contribution in [0.1, 0.15) is 65.0 Å². The largest absolute Gasteiger partial charge is 0.469 e. The minimum atomic E-state index is -0.130. The lowest BCUT2D eigenvalue weighted by atomic mass is 9.71. The monoisotopic (exact) mass is 360 g/mol. The molecule has 1 unspecified atom stereocenters. The standard InChI is InChI=1S/C20H32N4O2/c1-19(2,9-8-18(25)26-5)15-20(3,4)10-12-24-14-17(22-23-24)16-7-6-11-21-13-16/h6-7,11,13,17H,8-10,12,14-15H2,1-5H3. The Labute approximate surface area is 157 Å². The van der Waals surface area contributed by atoms with E-state index in [2.05, 4.69) is 48.0 Å². The summed E-state index contributed by atoms with van der Waals surface area (Å²) in [5.41, 5.74) is 1.38.